The van der Waals surface area contributed by atoms with Crippen molar-refractivity contribution in [3.8, 4) is 11.5 Å². The minimum Gasteiger partial charge on any atom is -0.486 e. The number of ether oxygens (including phenoxy) is 2. The minimum absolute atomic E-state index is 0.595. The van der Waals surface area contributed by atoms with Gasteiger partial charge in [-0.05, 0) is 29.8 Å². The normalized spacial score (nSPS) is 13.3. The molecule has 1 aliphatic rings. The van der Waals surface area contributed by atoms with Crippen molar-refractivity contribution < 1.29 is 9.47 Å². The Balaban J connectivity index is 1.55. The second-order valence-corrected chi connectivity index (χ2v) is 6.92. The Bertz CT molecular complexity index is 872. The fourth-order valence-electron chi connectivity index (χ4n) is 2.38. The average Bonchev–Trinajstić information content (AvgIpc) is 2.59. The molecular weight excluding hydrogens is 376 g/mol. The van der Waals surface area contributed by atoms with Gasteiger partial charge in [0.25, 0.3) is 0 Å². The fraction of sp³-hybridized carbons (Fsp3) is 0.176. The molecule has 2 heterocycles. The number of rotatable bonds is 3. The highest BCUT2D eigenvalue weighted by Crippen LogP contribution is 2.37. The summed E-state index contributed by atoms with van der Waals surface area (Å²) in [5.41, 5.74) is 2.98. The zero-order valence-electron chi connectivity index (χ0n) is 12.2. The van der Waals surface area contributed by atoms with Crippen LogP contribution in [-0.2, 0) is 5.75 Å². The molecule has 0 amide bonds. The zero-order chi connectivity index (χ0) is 15.6. The molecule has 0 bridgehead atoms. The van der Waals surface area contributed by atoms with Crippen LogP contribution in [0.5, 0.6) is 11.5 Å². The van der Waals surface area contributed by atoms with Crippen LogP contribution in [0.25, 0.3) is 11.0 Å². The maximum absolute atomic E-state index is 5.65. The second-order valence-electron chi connectivity index (χ2n) is 5.07. The van der Waals surface area contributed by atoms with Gasteiger partial charge in [-0.2, -0.15) is 0 Å². The monoisotopic (exact) mass is 388 g/mol. The standard InChI is InChI=1S/C17H13BrN2O2S/c18-12-8-16-15(21-5-6-22-16)7-11(12)10-23-17-9-19-13-3-1-2-4-14(13)20-17/h1-4,7-9H,5-6,10H2. The lowest BCUT2D eigenvalue weighted by Crippen LogP contribution is -2.15. The van der Waals surface area contributed by atoms with Crippen LogP contribution < -0.4 is 9.47 Å². The fourth-order valence-corrected chi connectivity index (χ4v) is 3.86. The molecule has 0 atom stereocenters. The predicted molar refractivity (Wildman–Crippen MR) is 94.2 cm³/mol. The maximum atomic E-state index is 5.65. The van der Waals surface area contributed by atoms with Crippen LogP contribution in [0.3, 0.4) is 0 Å². The van der Waals surface area contributed by atoms with Crippen molar-refractivity contribution in [2.45, 2.75) is 10.8 Å². The molecule has 6 heteroatoms. The molecule has 0 saturated heterocycles. The van der Waals surface area contributed by atoms with Gasteiger partial charge >= 0.3 is 0 Å². The molecule has 0 spiro atoms. The highest BCUT2D eigenvalue weighted by Gasteiger charge is 2.15. The van der Waals surface area contributed by atoms with Crippen molar-refractivity contribution >= 4 is 38.7 Å². The van der Waals surface area contributed by atoms with Gasteiger partial charge in [0.1, 0.15) is 18.2 Å². The van der Waals surface area contributed by atoms with Crippen LogP contribution >= 0.6 is 27.7 Å². The first-order valence-electron chi connectivity index (χ1n) is 7.22. The Morgan fingerprint density at radius 2 is 1.78 bits per heavy atom. The van der Waals surface area contributed by atoms with Crippen LogP contribution in [0, 0.1) is 0 Å². The van der Waals surface area contributed by atoms with Crippen LogP contribution in [0.2, 0.25) is 0 Å². The summed E-state index contributed by atoms with van der Waals surface area (Å²) >= 11 is 5.26. The van der Waals surface area contributed by atoms with Crippen molar-refractivity contribution in [2.24, 2.45) is 0 Å². The quantitative estimate of drug-likeness (QED) is 0.619. The molecule has 0 fully saturated rings. The molecule has 1 aromatic heterocycles. The summed E-state index contributed by atoms with van der Waals surface area (Å²) in [5, 5.41) is 0.908. The third kappa shape index (κ3) is 3.14. The summed E-state index contributed by atoms with van der Waals surface area (Å²) in [6, 6.07) is 11.9. The van der Waals surface area contributed by atoms with E-state index in [4.69, 9.17) is 9.47 Å². The molecule has 2 aromatic carbocycles. The summed E-state index contributed by atoms with van der Waals surface area (Å²) in [4.78, 5) is 9.08. The van der Waals surface area contributed by atoms with E-state index in [1.54, 1.807) is 11.8 Å². The molecule has 4 nitrogen and oxygen atoms in total. The van der Waals surface area contributed by atoms with Crippen LogP contribution in [0.15, 0.2) is 52.1 Å². The van der Waals surface area contributed by atoms with Gasteiger partial charge in [-0.15, -0.1) is 11.8 Å². The van der Waals surface area contributed by atoms with Gasteiger partial charge in [0.15, 0.2) is 11.5 Å². The van der Waals surface area contributed by atoms with Gasteiger partial charge in [-0.1, -0.05) is 28.1 Å². The molecule has 0 N–H and O–H groups in total. The number of benzene rings is 2. The van der Waals surface area contributed by atoms with Gasteiger partial charge in [-0.25, -0.2) is 4.98 Å². The topological polar surface area (TPSA) is 44.2 Å². The van der Waals surface area contributed by atoms with Crippen molar-refractivity contribution in [2.75, 3.05) is 13.2 Å². The molecule has 4 rings (SSSR count). The Morgan fingerprint density at radius 3 is 2.61 bits per heavy atom. The Kier molecular flexibility index (Phi) is 4.10. The first-order valence-corrected chi connectivity index (χ1v) is 9.00. The average molecular weight is 389 g/mol. The van der Waals surface area contributed by atoms with Crippen LogP contribution in [0.1, 0.15) is 5.56 Å². The van der Waals surface area contributed by atoms with E-state index in [2.05, 4.69) is 25.9 Å². The predicted octanol–water partition coefficient (Wildman–Crippen LogP) is 4.46. The summed E-state index contributed by atoms with van der Waals surface area (Å²) in [7, 11) is 0. The lowest BCUT2D eigenvalue weighted by molar-refractivity contribution is 0.171. The van der Waals surface area contributed by atoms with Crippen LogP contribution in [-0.4, -0.2) is 23.2 Å². The minimum atomic E-state index is 0.595. The molecule has 1 aliphatic heterocycles. The molecule has 23 heavy (non-hydrogen) atoms. The zero-order valence-corrected chi connectivity index (χ0v) is 14.6. The van der Waals surface area contributed by atoms with Crippen molar-refractivity contribution in [1.82, 2.24) is 9.97 Å². The van der Waals surface area contributed by atoms with E-state index in [1.165, 1.54) is 0 Å². The number of thioether (sulfide) groups is 1. The number of hydrogen-bond donors (Lipinski definition) is 0. The number of fused-ring (bicyclic) bond motifs is 2. The summed E-state index contributed by atoms with van der Waals surface area (Å²) < 4.78 is 12.2. The number of hydrogen-bond acceptors (Lipinski definition) is 5. The van der Waals surface area contributed by atoms with E-state index in [0.29, 0.717) is 13.2 Å². The molecule has 0 aliphatic carbocycles. The van der Waals surface area contributed by atoms with E-state index in [-0.39, 0.29) is 0 Å². The highest BCUT2D eigenvalue weighted by atomic mass is 79.9. The molecule has 3 aromatic rings. The summed E-state index contributed by atoms with van der Waals surface area (Å²) in [5.74, 6) is 2.38. The van der Waals surface area contributed by atoms with Gasteiger partial charge in [0, 0.05) is 10.2 Å². The van der Waals surface area contributed by atoms with Crippen molar-refractivity contribution in [3.05, 3.63) is 52.6 Å². The van der Waals surface area contributed by atoms with E-state index in [1.807, 2.05) is 42.6 Å². The third-order valence-corrected chi connectivity index (χ3v) is 5.20. The van der Waals surface area contributed by atoms with E-state index < -0.39 is 0 Å². The van der Waals surface area contributed by atoms with Gasteiger partial charge in [0.2, 0.25) is 0 Å². The van der Waals surface area contributed by atoms with Gasteiger partial charge in [-0.3, -0.25) is 4.98 Å². The molecule has 0 saturated carbocycles. The molecular formula is C17H13BrN2O2S. The Labute approximate surface area is 146 Å². The Morgan fingerprint density at radius 1 is 1.04 bits per heavy atom. The van der Waals surface area contributed by atoms with Crippen molar-refractivity contribution in [3.63, 3.8) is 0 Å². The lowest BCUT2D eigenvalue weighted by Gasteiger charge is -2.19. The summed E-state index contributed by atoms with van der Waals surface area (Å²) in [6.07, 6.45) is 1.82. The Hall–Kier alpha value is -1.79. The number of halogens is 1. The van der Waals surface area contributed by atoms with E-state index in [9.17, 15) is 0 Å². The summed E-state index contributed by atoms with van der Waals surface area (Å²) in [6.45, 7) is 1.19. The third-order valence-electron chi connectivity index (χ3n) is 3.51. The molecule has 0 unspecified atom stereocenters. The first-order chi connectivity index (χ1) is 11.3. The molecule has 116 valence electrons. The smallest absolute Gasteiger partial charge is 0.162 e. The van der Waals surface area contributed by atoms with Gasteiger partial charge < -0.3 is 9.47 Å². The lowest BCUT2D eigenvalue weighted by atomic mass is 10.2. The van der Waals surface area contributed by atoms with Crippen molar-refractivity contribution in [1.29, 1.82) is 0 Å². The van der Waals surface area contributed by atoms with Gasteiger partial charge in [0.05, 0.1) is 17.2 Å². The first kappa shape index (κ1) is 14.8. The number of aromatic nitrogens is 2. The maximum Gasteiger partial charge on any atom is 0.162 e. The van der Waals surface area contributed by atoms with E-state index >= 15 is 0 Å². The number of nitrogens with zero attached hydrogens (tertiary/aromatic N) is 2. The SMILES string of the molecule is Brc1cc2c(cc1CSc1cnc3ccccc3n1)OCCO2. The highest BCUT2D eigenvalue weighted by molar-refractivity contribution is 9.10. The second kappa shape index (κ2) is 6.37. The van der Waals surface area contributed by atoms with E-state index in [0.717, 1.165) is 43.3 Å². The number of para-hydroxylation sites is 2. The van der Waals surface area contributed by atoms with Crippen LogP contribution in [0.4, 0.5) is 0 Å². The molecule has 0 radical (unpaired) electrons. The largest absolute Gasteiger partial charge is 0.486 e.